The summed E-state index contributed by atoms with van der Waals surface area (Å²) >= 11 is 5.92. The van der Waals surface area contributed by atoms with Gasteiger partial charge in [0.15, 0.2) is 0 Å². The number of aromatic amines is 1. The van der Waals surface area contributed by atoms with Gasteiger partial charge in [-0.3, -0.25) is 4.79 Å². The number of benzene rings is 2. The van der Waals surface area contributed by atoms with Crippen LogP contribution in [-0.2, 0) is 21.3 Å². The Balaban J connectivity index is 1.73. The molecule has 2 aromatic carbocycles. The van der Waals surface area contributed by atoms with Crippen LogP contribution in [0.1, 0.15) is 24.0 Å². The molecule has 0 unspecified atom stereocenters. The van der Waals surface area contributed by atoms with E-state index in [1.807, 2.05) is 25.1 Å². The van der Waals surface area contributed by atoms with Crippen molar-refractivity contribution in [3.8, 4) is 0 Å². The van der Waals surface area contributed by atoms with Crippen LogP contribution in [0.4, 0.5) is 0 Å². The molecule has 8 heteroatoms. The van der Waals surface area contributed by atoms with Gasteiger partial charge < -0.3 is 9.72 Å². The third kappa shape index (κ3) is 4.30. The van der Waals surface area contributed by atoms with E-state index in [1.54, 1.807) is 18.2 Å². The van der Waals surface area contributed by atoms with Crippen molar-refractivity contribution in [2.75, 3.05) is 13.2 Å². The monoisotopic (exact) mass is 446 g/mol. The molecule has 1 N–H and O–H groups in total. The van der Waals surface area contributed by atoms with Crippen LogP contribution in [-0.4, -0.2) is 37.0 Å². The summed E-state index contributed by atoms with van der Waals surface area (Å²) in [6.45, 7) is 2.70. The van der Waals surface area contributed by atoms with Gasteiger partial charge >= 0.3 is 0 Å². The molecular weight excluding hydrogens is 424 g/mol. The van der Waals surface area contributed by atoms with Crippen molar-refractivity contribution < 1.29 is 13.2 Å². The highest BCUT2D eigenvalue weighted by molar-refractivity contribution is 7.89. The molecule has 1 atom stereocenters. The third-order valence-electron chi connectivity index (χ3n) is 5.39. The van der Waals surface area contributed by atoms with Crippen LogP contribution in [0.5, 0.6) is 0 Å². The Hall–Kier alpha value is -2.19. The first-order chi connectivity index (χ1) is 14.3. The summed E-state index contributed by atoms with van der Waals surface area (Å²) in [5.74, 6) is 0. The number of pyridine rings is 1. The van der Waals surface area contributed by atoms with Gasteiger partial charge in [0.1, 0.15) is 0 Å². The van der Waals surface area contributed by atoms with Crippen molar-refractivity contribution in [2.24, 2.45) is 0 Å². The number of fused-ring (bicyclic) bond motifs is 1. The number of H-pyrrole nitrogens is 1. The topological polar surface area (TPSA) is 79.5 Å². The fourth-order valence-corrected chi connectivity index (χ4v) is 5.33. The van der Waals surface area contributed by atoms with Gasteiger partial charge in [-0.2, -0.15) is 4.31 Å². The van der Waals surface area contributed by atoms with E-state index in [4.69, 9.17) is 16.3 Å². The molecule has 1 saturated heterocycles. The van der Waals surface area contributed by atoms with Gasteiger partial charge in [0.2, 0.25) is 10.0 Å². The van der Waals surface area contributed by atoms with Crippen molar-refractivity contribution in [2.45, 2.75) is 37.3 Å². The Morgan fingerprint density at radius 2 is 1.97 bits per heavy atom. The maximum atomic E-state index is 13.4. The van der Waals surface area contributed by atoms with Crippen LogP contribution < -0.4 is 5.56 Å². The van der Waals surface area contributed by atoms with E-state index >= 15 is 0 Å². The van der Waals surface area contributed by atoms with Crippen molar-refractivity contribution in [3.63, 3.8) is 0 Å². The van der Waals surface area contributed by atoms with Crippen LogP contribution in [0.25, 0.3) is 10.9 Å². The van der Waals surface area contributed by atoms with Crippen LogP contribution in [0.15, 0.2) is 58.2 Å². The minimum Gasteiger partial charge on any atom is -0.377 e. The van der Waals surface area contributed by atoms with Crippen LogP contribution in [0, 0.1) is 6.92 Å². The zero-order valence-corrected chi connectivity index (χ0v) is 18.2. The third-order valence-corrected chi connectivity index (χ3v) is 7.47. The highest BCUT2D eigenvalue weighted by Crippen LogP contribution is 2.24. The standard InChI is InChI=1S/C22H23ClN2O4S/c1-15-4-2-5-16-12-17(22(26)24-21(15)16)13-25(14-19-6-3-11-29-19)30(27,28)20-9-7-18(23)8-10-20/h2,4-5,7-10,12,19H,3,6,11,13-14H2,1H3,(H,24,26)/t19-/m0/s1. The first-order valence-electron chi connectivity index (χ1n) is 9.83. The second-order valence-electron chi connectivity index (χ2n) is 7.55. The predicted molar refractivity (Wildman–Crippen MR) is 117 cm³/mol. The second kappa shape index (κ2) is 8.51. The van der Waals surface area contributed by atoms with Crippen LogP contribution in [0.3, 0.4) is 0 Å². The maximum absolute atomic E-state index is 13.4. The van der Waals surface area contributed by atoms with Gasteiger partial charge in [0, 0.05) is 30.3 Å². The molecule has 158 valence electrons. The fourth-order valence-electron chi connectivity index (χ4n) is 3.75. The first-order valence-corrected chi connectivity index (χ1v) is 11.7. The number of rotatable bonds is 6. The molecule has 0 bridgehead atoms. The Morgan fingerprint density at radius 3 is 2.67 bits per heavy atom. The molecule has 2 heterocycles. The number of nitrogens with zero attached hydrogens (tertiary/aromatic N) is 1. The Kier molecular flexibility index (Phi) is 5.97. The number of ether oxygens (including phenoxy) is 1. The lowest BCUT2D eigenvalue weighted by Gasteiger charge is -2.25. The molecule has 0 saturated carbocycles. The molecule has 1 aromatic heterocycles. The molecule has 1 aliphatic heterocycles. The van der Waals surface area contributed by atoms with Gasteiger partial charge in [0.05, 0.1) is 16.5 Å². The summed E-state index contributed by atoms with van der Waals surface area (Å²) in [6.07, 6.45) is 1.50. The maximum Gasteiger partial charge on any atom is 0.252 e. The van der Waals surface area contributed by atoms with E-state index in [1.165, 1.54) is 16.4 Å². The average molecular weight is 447 g/mol. The molecule has 3 aromatic rings. The van der Waals surface area contributed by atoms with E-state index in [0.29, 0.717) is 17.2 Å². The fraction of sp³-hybridized carbons (Fsp3) is 0.318. The number of aryl methyl sites for hydroxylation is 1. The van der Waals surface area contributed by atoms with E-state index in [-0.39, 0.29) is 29.6 Å². The molecule has 0 amide bonds. The summed E-state index contributed by atoms with van der Waals surface area (Å²) in [6, 6.07) is 13.6. The van der Waals surface area contributed by atoms with E-state index < -0.39 is 10.0 Å². The van der Waals surface area contributed by atoms with Crippen molar-refractivity contribution >= 4 is 32.5 Å². The molecule has 0 aliphatic carbocycles. The molecule has 1 aliphatic rings. The highest BCUT2D eigenvalue weighted by Gasteiger charge is 2.30. The number of hydrogen-bond acceptors (Lipinski definition) is 4. The van der Waals surface area contributed by atoms with Crippen LogP contribution >= 0.6 is 11.6 Å². The Labute approximate surface area is 180 Å². The summed E-state index contributed by atoms with van der Waals surface area (Å²) < 4.78 is 33.8. The van der Waals surface area contributed by atoms with Gasteiger partial charge in [-0.05, 0) is 61.0 Å². The number of hydrogen-bond donors (Lipinski definition) is 1. The molecule has 4 rings (SSSR count). The Bertz CT molecular complexity index is 1220. The SMILES string of the molecule is Cc1cccc2cc(CN(C[C@@H]3CCCO3)S(=O)(=O)c3ccc(Cl)cc3)c(=O)[nH]c12. The minimum absolute atomic E-state index is 0.0377. The summed E-state index contributed by atoms with van der Waals surface area (Å²) in [4.78, 5) is 15.8. The lowest BCUT2D eigenvalue weighted by atomic mass is 10.1. The highest BCUT2D eigenvalue weighted by atomic mass is 35.5. The molecule has 1 fully saturated rings. The minimum atomic E-state index is -3.84. The van der Waals surface area contributed by atoms with Gasteiger partial charge in [-0.1, -0.05) is 29.8 Å². The number of halogens is 1. The largest absolute Gasteiger partial charge is 0.377 e. The average Bonchev–Trinajstić information content (AvgIpc) is 3.22. The number of para-hydroxylation sites is 1. The van der Waals surface area contributed by atoms with Gasteiger partial charge in [-0.25, -0.2) is 8.42 Å². The van der Waals surface area contributed by atoms with Gasteiger partial charge in [0.25, 0.3) is 5.56 Å². The van der Waals surface area contributed by atoms with Crippen molar-refractivity contribution in [1.29, 1.82) is 0 Å². The lowest BCUT2D eigenvalue weighted by molar-refractivity contribution is 0.0925. The first kappa shape index (κ1) is 21.1. The lowest BCUT2D eigenvalue weighted by Crippen LogP contribution is -2.38. The number of nitrogens with one attached hydrogen (secondary N) is 1. The van der Waals surface area contributed by atoms with Crippen molar-refractivity contribution in [3.05, 3.63) is 75.0 Å². The van der Waals surface area contributed by atoms with E-state index in [9.17, 15) is 13.2 Å². The molecule has 30 heavy (non-hydrogen) atoms. The normalized spacial score (nSPS) is 17.1. The second-order valence-corrected chi connectivity index (χ2v) is 9.92. The molecule has 0 radical (unpaired) electrons. The molecule has 6 nitrogen and oxygen atoms in total. The van der Waals surface area contributed by atoms with E-state index in [0.717, 1.165) is 29.3 Å². The summed E-state index contributed by atoms with van der Waals surface area (Å²) in [5.41, 5.74) is 1.82. The zero-order valence-electron chi connectivity index (χ0n) is 16.6. The molecular formula is C22H23ClN2O4S. The predicted octanol–water partition coefficient (Wildman–Crippen LogP) is 3.86. The summed E-state index contributed by atoms with van der Waals surface area (Å²) in [7, 11) is -3.84. The smallest absolute Gasteiger partial charge is 0.252 e. The van der Waals surface area contributed by atoms with E-state index in [2.05, 4.69) is 4.98 Å². The number of aromatic nitrogens is 1. The quantitative estimate of drug-likeness (QED) is 0.623. The molecule has 0 spiro atoms. The van der Waals surface area contributed by atoms with Gasteiger partial charge in [-0.15, -0.1) is 0 Å². The Morgan fingerprint density at radius 1 is 1.20 bits per heavy atom. The van der Waals surface area contributed by atoms with Crippen LogP contribution in [0.2, 0.25) is 5.02 Å². The van der Waals surface area contributed by atoms with Crippen molar-refractivity contribution in [1.82, 2.24) is 9.29 Å². The zero-order chi connectivity index (χ0) is 21.3. The summed E-state index contributed by atoms with van der Waals surface area (Å²) in [5, 5.41) is 1.33. The number of sulfonamides is 1.